The van der Waals surface area contributed by atoms with E-state index in [1.807, 2.05) is 0 Å². The number of rotatable bonds is 0. The van der Waals surface area contributed by atoms with Crippen LogP contribution in [0.15, 0.2) is 18.2 Å². The molecule has 1 aromatic carbocycles. The van der Waals surface area contributed by atoms with Crippen molar-refractivity contribution in [3.63, 3.8) is 0 Å². The molecule has 12 heavy (non-hydrogen) atoms. The third-order valence-corrected chi connectivity index (χ3v) is 3.14. The molecule has 0 N–H and O–H groups in total. The molecule has 0 fully saturated rings. The van der Waals surface area contributed by atoms with Crippen LogP contribution in [0.25, 0.3) is 0 Å². The molecule has 0 aliphatic heterocycles. The van der Waals surface area contributed by atoms with E-state index in [0.717, 1.165) is 5.92 Å². The van der Waals surface area contributed by atoms with Crippen molar-refractivity contribution in [1.82, 2.24) is 0 Å². The maximum absolute atomic E-state index is 3.48. The highest BCUT2D eigenvalue weighted by atomic mass is 14.3. The second-order valence-corrected chi connectivity index (χ2v) is 3.85. The Morgan fingerprint density at radius 3 is 3.33 bits per heavy atom. The maximum Gasteiger partial charge on any atom is 0.0174 e. The van der Waals surface area contributed by atoms with Crippen LogP contribution >= 0.6 is 0 Å². The van der Waals surface area contributed by atoms with Crippen LogP contribution < -0.4 is 0 Å². The molecule has 0 aromatic heterocycles. The van der Waals surface area contributed by atoms with Gasteiger partial charge >= 0.3 is 0 Å². The van der Waals surface area contributed by atoms with Crippen molar-refractivity contribution >= 4 is 0 Å². The highest BCUT2D eigenvalue weighted by molar-refractivity contribution is 5.47. The van der Waals surface area contributed by atoms with Gasteiger partial charge in [0.05, 0.1) is 0 Å². The lowest BCUT2D eigenvalue weighted by atomic mass is 9.84. The number of benzene rings is 1. The minimum atomic E-state index is 0.824. The topological polar surface area (TPSA) is 0 Å². The molecule has 1 atom stereocenters. The van der Waals surface area contributed by atoms with Gasteiger partial charge in [0.25, 0.3) is 0 Å². The van der Waals surface area contributed by atoms with Gasteiger partial charge in [0.15, 0.2) is 0 Å². The van der Waals surface area contributed by atoms with E-state index in [2.05, 4.69) is 24.6 Å². The monoisotopic (exact) mass is 156 g/mol. The van der Waals surface area contributed by atoms with E-state index in [9.17, 15) is 0 Å². The zero-order valence-electron chi connectivity index (χ0n) is 7.14. The first kappa shape index (κ1) is 6.71. The zero-order chi connectivity index (χ0) is 7.97. The predicted molar refractivity (Wildman–Crippen MR) is 49.1 cm³/mol. The van der Waals surface area contributed by atoms with Crippen molar-refractivity contribution in [3.8, 4) is 0 Å². The summed E-state index contributed by atoms with van der Waals surface area (Å²) in [4.78, 5) is 0. The van der Waals surface area contributed by atoms with Gasteiger partial charge in [-0.3, -0.25) is 0 Å². The van der Waals surface area contributed by atoms with Crippen LogP contribution in [-0.2, 0) is 6.42 Å². The third-order valence-electron chi connectivity index (χ3n) is 3.14. The Kier molecular flexibility index (Phi) is 1.31. The summed E-state index contributed by atoms with van der Waals surface area (Å²) in [6.07, 6.45) is 8.71. The number of hydrogen-bond donors (Lipinski definition) is 0. The van der Waals surface area contributed by atoms with Crippen molar-refractivity contribution in [2.75, 3.05) is 0 Å². The van der Waals surface area contributed by atoms with Crippen LogP contribution in [0, 0.1) is 6.42 Å². The van der Waals surface area contributed by atoms with E-state index < -0.39 is 0 Å². The summed E-state index contributed by atoms with van der Waals surface area (Å²) in [6.45, 7) is 0. The molecule has 0 heterocycles. The zero-order valence-corrected chi connectivity index (χ0v) is 7.14. The number of aryl methyl sites for hydroxylation is 1. The highest BCUT2D eigenvalue weighted by Gasteiger charge is 2.27. The largest absolute Gasteiger partial charge is 0.0617 e. The maximum atomic E-state index is 3.48. The summed E-state index contributed by atoms with van der Waals surface area (Å²) in [6, 6.07) is 6.68. The van der Waals surface area contributed by atoms with Gasteiger partial charge in [-0.05, 0) is 48.3 Å². The van der Waals surface area contributed by atoms with Gasteiger partial charge in [0, 0.05) is 6.42 Å². The molecule has 2 aliphatic carbocycles. The first-order chi connectivity index (χ1) is 5.95. The van der Waals surface area contributed by atoms with E-state index in [4.69, 9.17) is 0 Å². The fourth-order valence-corrected chi connectivity index (χ4v) is 2.59. The molecule has 1 unspecified atom stereocenters. The second kappa shape index (κ2) is 2.35. The molecule has 0 nitrogen and oxygen atoms in total. The fourth-order valence-electron chi connectivity index (χ4n) is 2.59. The lowest BCUT2D eigenvalue weighted by Gasteiger charge is -2.21. The Bertz CT molecular complexity index is 312. The quantitative estimate of drug-likeness (QED) is 0.541. The lowest BCUT2D eigenvalue weighted by Crippen LogP contribution is -2.05. The molecule has 0 bridgehead atoms. The van der Waals surface area contributed by atoms with Crippen LogP contribution in [0.3, 0.4) is 0 Å². The Balaban J connectivity index is 2.23. The SMILES string of the molecule is [C]1CC2CCCc3cccc1c32. The molecule has 0 spiro atoms. The Morgan fingerprint density at radius 2 is 2.33 bits per heavy atom. The van der Waals surface area contributed by atoms with Crippen molar-refractivity contribution in [2.45, 2.75) is 31.6 Å². The minimum absolute atomic E-state index is 0.824. The molecule has 1 aromatic rings. The second-order valence-electron chi connectivity index (χ2n) is 3.85. The molecule has 2 aliphatic rings. The van der Waals surface area contributed by atoms with Crippen LogP contribution in [0.4, 0.5) is 0 Å². The van der Waals surface area contributed by atoms with Crippen molar-refractivity contribution in [3.05, 3.63) is 41.3 Å². The van der Waals surface area contributed by atoms with Gasteiger partial charge in [-0.1, -0.05) is 18.2 Å². The van der Waals surface area contributed by atoms with Crippen LogP contribution in [0.5, 0.6) is 0 Å². The molecule has 0 amide bonds. The molecule has 2 radical (unpaired) electrons. The molecular weight excluding hydrogens is 144 g/mol. The molecule has 60 valence electrons. The summed E-state index contributed by atoms with van der Waals surface area (Å²) >= 11 is 0. The Hall–Kier alpha value is -0.780. The first-order valence-corrected chi connectivity index (χ1v) is 4.81. The van der Waals surface area contributed by atoms with E-state index in [-0.39, 0.29) is 0 Å². The highest BCUT2D eigenvalue weighted by Crippen LogP contribution is 2.43. The van der Waals surface area contributed by atoms with Gasteiger partial charge in [-0.25, -0.2) is 0 Å². The van der Waals surface area contributed by atoms with Crippen LogP contribution in [0.2, 0.25) is 0 Å². The van der Waals surface area contributed by atoms with Gasteiger partial charge in [0.1, 0.15) is 0 Å². The first-order valence-electron chi connectivity index (χ1n) is 4.81. The normalized spacial score (nSPS) is 25.5. The predicted octanol–water partition coefficient (Wildman–Crippen LogP) is 2.94. The van der Waals surface area contributed by atoms with E-state index in [0.29, 0.717) is 0 Å². The summed E-state index contributed by atoms with van der Waals surface area (Å²) in [7, 11) is 0. The van der Waals surface area contributed by atoms with Gasteiger partial charge in [-0.2, -0.15) is 0 Å². The Labute approximate surface area is 73.6 Å². The fraction of sp³-hybridized carbons (Fsp3) is 0.417. The average molecular weight is 156 g/mol. The Morgan fingerprint density at radius 1 is 1.33 bits per heavy atom. The van der Waals surface area contributed by atoms with E-state index in [1.165, 1.54) is 31.2 Å². The standard InChI is InChI=1S/C12H12/c1-3-9-4-2-6-11-8-7-10(5-1)12(9)11/h1,3,5,11H,2,4,6,8H2. The number of hydrogen-bond acceptors (Lipinski definition) is 0. The minimum Gasteiger partial charge on any atom is -0.0617 e. The van der Waals surface area contributed by atoms with Gasteiger partial charge in [-0.15, -0.1) is 0 Å². The third kappa shape index (κ3) is 0.782. The molecule has 0 saturated carbocycles. The lowest BCUT2D eigenvalue weighted by molar-refractivity contribution is 0.571. The molecular formula is C12H12. The van der Waals surface area contributed by atoms with Crippen molar-refractivity contribution in [2.24, 2.45) is 0 Å². The smallest absolute Gasteiger partial charge is 0.0174 e. The summed E-state index contributed by atoms with van der Waals surface area (Å²) < 4.78 is 0. The van der Waals surface area contributed by atoms with Crippen LogP contribution in [-0.4, -0.2) is 0 Å². The summed E-state index contributed by atoms with van der Waals surface area (Å²) in [5.74, 6) is 0.824. The van der Waals surface area contributed by atoms with Crippen molar-refractivity contribution in [1.29, 1.82) is 0 Å². The van der Waals surface area contributed by atoms with E-state index in [1.54, 1.807) is 11.1 Å². The average Bonchev–Trinajstić information content (AvgIpc) is 2.52. The summed E-state index contributed by atoms with van der Waals surface area (Å²) in [5.41, 5.74) is 4.62. The molecule has 0 saturated heterocycles. The van der Waals surface area contributed by atoms with Gasteiger partial charge < -0.3 is 0 Å². The van der Waals surface area contributed by atoms with E-state index >= 15 is 0 Å². The molecule has 0 heteroatoms. The van der Waals surface area contributed by atoms with Gasteiger partial charge in [0.2, 0.25) is 0 Å². The summed E-state index contributed by atoms with van der Waals surface area (Å²) in [5, 5.41) is 0. The van der Waals surface area contributed by atoms with Crippen molar-refractivity contribution < 1.29 is 0 Å². The molecule has 3 rings (SSSR count). The van der Waals surface area contributed by atoms with Crippen LogP contribution in [0.1, 0.15) is 41.9 Å².